The van der Waals surface area contributed by atoms with Crippen LogP contribution in [0, 0.1) is 11.6 Å². The summed E-state index contributed by atoms with van der Waals surface area (Å²) in [5, 5.41) is 9.04. The molecule has 3 aromatic carbocycles. The van der Waals surface area contributed by atoms with Gasteiger partial charge in [0.1, 0.15) is 17.3 Å². The zero-order valence-corrected chi connectivity index (χ0v) is 21.0. The molecular weight excluding hydrogens is 559 g/mol. The topological polar surface area (TPSA) is 93.1 Å². The number of aryl methyl sites for hydroxylation is 1. The SMILES string of the molecule is Cn1nccc1C(=O)c1cc(NC(=O)c2cc(F)cc(C(F)(F)F)c2)c2c(c1)C(=O)NC2c1cc(F)ccc1Cl. The molecule has 2 N–H and O–H groups in total. The molecule has 4 aromatic rings. The van der Waals surface area contributed by atoms with Gasteiger partial charge < -0.3 is 10.6 Å². The second-order valence-corrected chi connectivity index (χ2v) is 9.31. The Balaban J connectivity index is 1.66. The molecule has 1 aliphatic heterocycles. The fourth-order valence-corrected chi connectivity index (χ4v) is 4.69. The molecule has 0 saturated carbocycles. The van der Waals surface area contributed by atoms with E-state index in [0.29, 0.717) is 12.1 Å². The zero-order valence-electron chi connectivity index (χ0n) is 20.2. The highest BCUT2D eigenvalue weighted by atomic mass is 35.5. The molecule has 0 aliphatic carbocycles. The quantitative estimate of drug-likeness (QED) is 0.237. The molecule has 1 unspecified atom stereocenters. The van der Waals surface area contributed by atoms with Crippen LogP contribution in [-0.4, -0.2) is 27.4 Å². The molecule has 40 heavy (non-hydrogen) atoms. The minimum Gasteiger partial charge on any atom is -0.341 e. The first-order valence-electron chi connectivity index (χ1n) is 11.5. The molecule has 5 rings (SSSR count). The molecule has 2 amide bonds. The third-order valence-corrected chi connectivity index (χ3v) is 6.65. The number of nitrogens with zero attached hydrogens (tertiary/aromatic N) is 2. The van der Waals surface area contributed by atoms with Crippen molar-refractivity contribution >= 4 is 34.9 Å². The summed E-state index contributed by atoms with van der Waals surface area (Å²) in [6.45, 7) is 0. The molecule has 1 aliphatic rings. The molecule has 1 aromatic heterocycles. The van der Waals surface area contributed by atoms with Gasteiger partial charge in [0.05, 0.1) is 11.6 Å². The average molecular weight is 575 g/mol. The van der Waals surface area contributed by atoms with E-state index >= 15 is 0 Å². The van der Waals surface area contributed by atoms with Crippen LogP contribution in [0.1, 0.15) is 59.5 Å². The Hall–Kier alpha value is -4.58. The number of benzene rings is 3. The molecule has 0 spiro atoms. The highest BCUT2D eigenvalue weighted by Crippen LogP contribution is 2.40. The van der Waals surface area contributed by atoms with Crippen molar-refractivity contribution in [3.63, 3.8) is 0 Å². The lowest BCUT2D eigenvalue weighted by molar-refractivity contribution is -0.137. The van der Waals surface area contributed by atoms with Crippen molar-refractivity contribution in [3.8, 4) is 0 Å². The number of hydrogen-bond acceptors (Lipinski definition) is 4. The molecule has 204 valence electrons. The highest BCUT2D eigenvalue weighted by Gasteiger charge is 2.36. The van der Waals surface area contributed by atoms with Gasteiger partial charge in [-0.25, -0.2) is 8.78 Å². The van der Waals surface area contributed by atoms with E-state index in [2.05, 4.69) is 15.7 Å². The number of alkyl halides is 3. The Morgan fingerprint density at radius 2 is 1.75 bits per heavy atom. The predicted molar refractivity (Wildman–Crippen MR) is 133 cm³/mol. The summed E-state index contributed by atoms with van der Waals surface area (Å²) in [7, 11) is 1.51. The summed E-state index contributed by atoms with van der Waals surface area (Å²) in [6.07, 6.45) is -3.55. The second kappa shape index (κ2) is 9.87. The van der Waals surface area contributed by atoms with Crippen molar-refractivity contribution in [3.05, 3.63) is 117 Å². The van der Waals surface area contributed by atoms with E-state index in [4.69, 9.17) is 11.6 Å². The van der Waals surface area contributed by atoms with Crippen LogP contribution in [0.15, 0.2) is 60.8 Å². The normalized spacial score (nSPS) is 14.6. The maximum atomic E-state index is 14.1. The van der Waals surface area contributed by atoms with Crippen LogP contribution in [-0.2, 0) is 13.2 Å². The minimum atomic E-state index is -4.93. The van der Waals surface area contributed by atoms with Crippen molar-refractivity contribution in [2.45, 2.75) is 12.2 Å². The van der Waals surface area contributed by atoms with Crippen molar-refractivity contribution in [1.82, 2.24) is 15.1 Å². The zero-order chi connectivity index (χ0) is 28.9. The predicted octanol–water partition coefficient (Wildman–Crippen LogP) is 5.69. The number of carbonyl (C=O) groups is 3. The third kappa shape index (κ3) is 4.93. The van der Waals surface area contributed by atoms with Crippen molar-refractivity contribution in [1.29, 1.82) is 0 Å². The van der Waals surface area contributed by atoms with E-state index in [-0.39, 0.29) is 44.7 Å². The summed E-state index contributed by atoms with van der Waals surface area (Å²) >= 11 is 6.27. The van der Waals surface area contributed by atoms with E-state index < -0.39 is 52.6 Å². The number of aromatic nitrogens is 2. The van der Waals surface area contributed by atoms with Crippen LogP contribution in [0.2, 0.25) is 5.02 Å². The Morgan fingerprint density at radius 1 is 1.00 bits per heavy atom. The van der Waals surface area contributed by atoms with Gasteiger partial charge in [-0.2, -0.15) is 18.3 Å². The molecule has 7 nitrogen and oxygen atoms in total. The van der Waals surface area contributed by atoms with Gasteiger partial charge in [0.15, 0.2) is 0 Å². The maximum Gasteiger partial charge on any atom is 0.416 e. The number of amides is 2. The molecule has 0 bridgehead atoms. The number of fused-ring (bicyclic) bond motifs is 1. The number of halogens is 6. The summed E-state index contributed by atoms with van der Waals surface area (Å²) in [5.74, 6) is -4.38. The van der Waals surface area contributed by atoms with E-state index in [1.165, 1.54) is 42.2 Å². The monoisotopic (exact) mass is 574 g/mol. The van der Waals surface area contributed by atoms with Gasteiger partial charge in [0.25, 0.3) is 11.8 Å². The second-order valence-electron chi connectivity index (χ2n) is 8.91. The van der Waals surface area contributed by atoms with Gasteiger partial charge in [-0.1, -0.05) is 11.6 Å². The smallest absolute Gasteiger partial charge is 0.341 e. The average Bonchev–Trinajstić information content (AvgIpc) is 3.47. The summed E-state index contributed by atoms with van der Waals surface area (Å²) in [5.41, 5.74) is -1.99. The first-order chi connectivity index (χ1) is 18.8. The lowest BCUT2D eigenvalue weighted by atomic mass is 9.93. The van der Waals surface area contributed by atoms with Crippen LogP contribution in [0.25, 0.3) is 0 Å². The number of rotatable bonds is 5. The van der Waals surface area contributed by atoms with E-state index in [1.54, 1.807) is 0 Å². The van der Waals surface area contributed by atoms with E-state index in [1.807, 2.05) is 0 Å². The van der Waals surface area contributed by atoms with Crippen LogP contribution in [0.5, 0.6) is 0 Å². The van der Waals surface area contributed by atoms with Crippen molar-refractivity contribution in [2.75, 3.05) is 5.32 Å². The van der Waals surface area contributed by atoms with Crippen molar-refractivity contribution < 1.29 is 36.3 Å². The summed E-state index contributed by atoms with van der Waals surface area (Å²) in [4.78, 5) is 39.4. The first-order valence-corrected chi connectivity index (χ1v) is 11.9. The van der Waals surface area contributed by atoms with Gasteiger partial charge in [0, 0.05) is 51.8 Å². The van der Waals surface area contributed by atoms with E-state index in [0.717, 1.165) is 12.1 Å². The highest BCUT2D eigenvalue weighted by molar-refractivity contribution is 6.31. The molecule has 13 heteroatoms. The lowest BCUT2D eigenvalue weighted by Gasteiger charge is -2.19. The Morgan fingerprint density at radius 3 is 2.42 bits per heavy atom. The Labute approximate surface area is 227 Å². The van der Waals surface area contributed by atoms with Crippen LogP contribution in [0.4, 0.5) is 27.6 Å². The fourth-order valence-electron chi connectivity index (χ4n) is 4.46. The number of nitrogens with one attached hydrogen (secondary N) is 2. The van der Waals surface area contributed by atoms with Gasteiger partial charge in [-0.05, 0) is 54.6 Å². The van der Waals surface area contributed by atoms with Crippen LogP contribution >= 0.6 is 11.6 Å². The number of anilines is 1. The van der Waals surface area contributed by atoms with Gasteiger partial charge in [-0.15, -0.1) is 0 Å². The van der Waals surface area contributed by atoms with E-state index in [9.17, 15) is 36.3 Å². The van der Waals surface area contributed by atoms with Crippen molar-refractivity contribution in [2.24, 2.45) is 7.05 Å². The number of hydrogen-bond donors (Lipinski definition) is 2. The Kier molecular flexibility index (Phi) is 6.66. The fraction of sp³-hybridized carbons (Fsp3) is 0.111. The molecule has 0 radical (unpaired) electrons. The third-order valence-electron chi connectivity index (χ3n) is 6.31. The Bertz CT molecular complexity index is 1720. The number of carbonyl (C=O) groups excluding carboxylic acids is 3. The molecular formula is C27H16ClF5N4O3. The van der Waals surface area contributed by atoms with Crippen LogP contribution < -0.4 is 10.6 Å². The molecule has 1 atom stereocenters. The van der Waals surface area contributed by atoms with Gasteiger partial charge in [0.2, 0.25) is 5.78 Å². The van der Waals surface area contributed by atoms with Crippen LogP contribution in [0.3, 0.4) is 0 Å². The minimum absolute atomic E-state index is 0.0611. The molecule has 0 fully saturated rings. The largest absolute Gasteiger partial charge is 0.416 e. The molecule has 0 saturated heterocycles. The maximum absolute atomic E-state index is 14.1. The van der Waals surface area contributed by atoms with Gasteiger partial charge in [-0.3, -0.25) is 19.1 Å². The lowest BCUT2D eigenvalue weighted by Crippen LogP contribution is -2.21. The number of ketones is 1. The summed E-state index contributed by atoms with van der Waals surface area (Å²) < 4.78 is 69.2. The first kappa shape index (κ1) is 27.0. The summed E-state index contributed by atoms with van der Waals surface area (Å²) in [6, 6.07) is 7.58. The van der Waals surface area contributed by atoms with Gasteiger partial charge >= 0.3 is 6.18 Å². The standard InChI is InChI=1S/C27H16ClF5N4O3/c1-37-21(4-5-34-37)24(38)12-8-18-22(23(36-26(18)40)17-11-15(29)2-3-19(17)28)20(9-12)35-25(39)13-6-14(27(31,32)33)10-16(30)7-13/h2-11,23H,1H3,(H,35,39)(H,36,40). The molecule has 2 heterocycles.